The first-order valence-electron chi connectivity index (χ1n) is 10.3. The molecule has 0 radical (unpaired) electrons. The van der Waals surface area contributed by atoms with Gasteiger partial charge < -0.3 is 14.5 Å². The summed E-state index contributed by atoms with van der Waals surface area (Å²) in [6.07, 6.45) is 3.88. The Balaban J connectivity index is 1.47. The number of aryl methyl sites for hydroxylation is 1. The van der Waals surface area contributed by atoms with Gasteiger partial charge in [-0.1, -0.05) is 30.7 Å². The zero-order chi connectivity index (χ0) is 20.2. The predicted molar refractivity (Wildman–Crippen MR) is 114 cm³/mol. The standard InChI is InChI=1S/C24H28N2O3/c1-17-21-14-20(28-2)10-11-22(21)29-23(17)24(27)25-15-18-8-4-5-9-19(18)16-26-12-6-3-7-13-26/h4-5,8-11,14H,3,6-7,12-13,15-16H2,1-2H3,(H,25,27). The van der Waals surface area contributed by atoms with Crippen molar-refractivity contribution in [2.45, 2.75) is 39.3 Å². The van der Waals surface area contributed by atoms with Gasteiger partial charge in [0, 0.05) is 24.0 Å². The lowest BCUT2D eigenvalue weighted by Crippen LogP contribution is -2.30. The second kappa shape index (κ2) is 8.70. The molecular formula is C24H28N2O3. The van der Waals surface area contributed by atoms with Crippen LogP contribution in [0.25, 0.3) is 11.0 Å². The topological polar surface area (TPSA) is 54.7 Å². The quantitative estimate of drug-likeness (QED) is 0.663. The number of nitrogens with zero attached hydrogens (tertiary/aromatic N) is 1. The highest BCUT2D eigenvalue weighted by Gasteiger charge is 2.19. The third-order valence-corrected chi connectivity index (χ3v) is 5.75. The van der Waals surface area contributed by atoms with E-state index in [1.807, 2.05) is 31.2 Å². The van der Waals surface area contributed by atoms with Gasteiger partial charge in [0.1, 0.15) is 11.3 Å². The maximum Gasteiger partial charge on any atom is 0.287 e. The van der Waals surface area contributed by atoms with Crippen molar-refractivity contribution in [2.24, 2.45) is 0 Å². The molecule has 2 heterocycles. The number of amides is 1. The minimum atomic E-state index is -0.189. The van der Waals surface area contributed by atoms with Gasteiger partial charge in [0.15, 0.2) is 5.76 Å². The Kier molecular flexibility index (Phi) is 5.86. The van der Waals surface area contributed by atoms with Crippen molar-refractivity contribution in [3.8, 4) is 5.75 Å². The molecule has 0 aliphatic carbocycles. The summed E-state index contributed by atoms with van der Waals surface area (Å²) < 4.78 is 11.1. The Hall–Kier alpha value is -2.79. The molecule has 29 heavy (non-hydrogen) atoms. The minimum Gasteiger partial charge on any atom is -0.497 e. The number of hydrogen-bond donors (Lipinski definition) is 1. The zero-order valence-corrected chi connectivity index (χ0v) is 17.2. The van der Waals surface area contributed by atoms with Crippen molar-refractivity contribution >= 4 is 16.9 Å². The SMILES string of the molecule is COc1ccc2oc(C(=O)NCc3ccccc3CN3CCCCC3)c(C)c2c1. The van der Waals surface area contributed by atoms with Crippen LogP contribution in [0.3, 0.4) is 0 Å². The highest BCUT2D eigenvalue weighted by Crippen LogP contribution is 2.28. The lowest BCUT2D eigenvalue weighted by molar-refractivity contribution is 0.0924. The minimum absolute atomic E-state index is 0.189. The molecule has 1 fully saturated rings. The summed E-state index contributed by atoms with van der Waals surface area (Å²) in [6.45, 7) is 5.65. The summed E-state index contributed by atoms with van der Waals surface area (Å²) in [4.78, 5) is 15.3. The molecule has 2 aromatic carbocycles. The van der Waals surface area contributed by atoms with E-state index >= 15 is 0 Å². The highest BCUT2D eigenvalue weighted by molar-refractivity contribution is 5.99. The van der Waals surface area contributed by atoms with Gasteiger partial charge in [-0.05, 0) is 62.2 Å². The van der Waals surface area contributed by atoms with Crippen LogP contribution < -0.4 is 10.1 Å². The fourth-order valence-corrected chi connectivity index (χ4v) is 4.04. The molecule has 1 aliphatic rings. The van der Waals surface area contributed by atoms with Crippen LogP contribution in [-0.2, 0) is 13.1 Å². The first-order valence-corrected chi connectivity index (χ1v) is 10.3. The number of benzene rings is 2. The van der Waals surface area contributed by atoms with Crippen LogP contribution in [0.2, 0.25) is 0 Å². The van der Waals surface area contributed by atoms with E-state index in [9.17, 15) is 4.79 Å². The van der Waals surface area contributed by atoms with Crippen molar-refractivity contribution in [2.75, 3.05) is 20.2 Å². The predicted octanol–water partition coefficient (Wildman–Crippen LogP) is 4.67. The van der Waals surface area contributed by atoms with E-state index in [4.69, 9.17) is 9.15 Å². The Labute approximate surface area is 171 Å². The molecule has 0 unspecified atom stereocenters. The Morgan fingerprint density at radius 2 is 1.86 bits per heavy atom. The first-order chi connectivity index (χ1) is 14.2. The molecule has 3 aromatic rings. The number of rotatable bonds is 6. The van der Waals surface area contributed by atoms with Gasteiger partial charge in [0.2, 0.25) is 0 Å². The molecule has 152 valence electrons. The van der Waals surface area contributed by atoms with Gasteiger partial charge >= 0.3 is 0 Å². The molecular weight excluding hydrogens is 364 g/mol. The van der Waals surface area contributed by atoms with E-state index in [1.165, 1.54) is 24.8 Å². The van der Waals surface area contributed by atoms with E-state index in [-0.39, 0.29) is 5.91 Å². The Morgan fingerprint density at radius 3 is 2.62 bits per heavy atom. The van der Waals surface area contributed by atoms with Crippen LogP contribution in [0.1, 0.15) is 46.5 Å². The van der Waals surface area contributed by atoms with Crippen LogP contribution in [0.15, 0.2) is 46.9 Å². The molecule has 0 bridgehead atoms. The Morgan fingerprint density at radius 1 is 1.10 bits per heavy atom. The number of likely N-dealkylation sites (tertiary alicyclic amines) is 1. The number of fused-ring (bicyclic) bond motifs is 1. The largest absolute Gasteiger partial charge is 0.497 e. The Bertz CT molecular complexity index is 1000. The maximum atomic E-state index is 12.8. The van der Waals surface area contributed by atoms with Crippen molar-refractivity contribution in [3.05, 3.63) is 64.9 Å². The van der Waals surface area contributed by atoms with E-state index in [0.717, 1.165) is 41.9 Å². The summed E-state index contributed by atoms with van der Waals surface area (Å²) in [7, 11) is 1.63. The van der Waals surface area contributed by atoms with Gasteiger partial charge in [-0.2, -0.15) is 0 Å². The van der Waals surface area contributed by atoms with Gasteiger partial charge in [-0.15, -0.1) is 0 Å². The number of nitrogens with one attached hydrogen (secondary N) is 1. The number of hydrogen-bond acceptors (Lipinski definition) is 4. The van der Waals surface area contributed by atoms with Crippen LogP contribution in [0.4, 0.5) is 0 Å². The lowest BCUT2D eigenvalue weighted by Gasteiger charge is -2.27. The zero-order valence-electron chi connectivity index (χ0n) is 17.2. The van der Waals surface area contributed by atoms with Crippen LogP contribution >= 0.6 is 0 Å². The van der Waals surface area contributed by atoms with Crippen molar-refractivity contribution < 1.29 is 13.9 Å². The van der Waals surface area contributed by atoms with Crippen molar-refractivity contribution in [3.63, 3.8) is 0 Å². The number of ether oxygens (including phenoxy) is 1. The number of piperidine rings is 1. The average Bonchev–Trinajstić information content (AvgIpc) is 3.09. The molecule has 1 N–H and O–H groups in total. The molecule has 1 saturated heterocycles. The van der Waals surface area contributed by atoms with Gasteiger partial charge in [-0.25, -0.2) is 0 Å². The monoisotopic (exact) mass is 392 g/mol. The number of carbonyl (C=O) groups is 1. The van der Waals surface area contributed by atoms with Crippen LogP contribution in [-0.4, -0.2) is 31.0 Å². The fraction of sp³-hybridized carbons (Fsp3) is 0.375. The van der Waals surface area contributed by atoms with E-state index in [0.29, 0.717) is 17.9 Å². The summed E-state index contributed by atoms with van der Waals surface area (Å²) in [5, 5.41) is 3.94. The first kappa shape index (κ1) is 19.5. The molecule has 1 aliphatic heterocycles. The third kappa shape index (κ3) is 4.30. The smallest absolute Gasteiger partial charge is 0.287 e. The summed E-state index contributed by atoms with van der Waals surface area (Å²) in [5.74, 6) is 0.923. The fourth-order valence-electron chi connectivity index (χ4n) is 4.04. The molecule has 1 amide bonds. The summed E-state index contributed by atoms with van der Waals surface area (Å²) in [6, 6.07) is 13.9. The lowest BCUT2D eigenvalue weighted by atomic mass is 10.0. The third-order valence-electron chi connectivity index (χ3n) is 5.75. The van der Waals surface area contributed by atoms with Crippen LogP contribution in [0.5, 0.6) is 5.75 Å². The molecule has 1 aromatic heterocycles. The molecule has 0 atom stereocenters. The normalized spacial score (nSPS) is 14.8. The van der Waals surface area contributed by atoms with Crippen LogP contribution in [0, 0.1) is 6.92 Å². The number of carbonyl (C=O) groups excluding carboxylic acids is 1. The molecule has 0 spiro atoms. The summed E-state index contributed by atoms with van der Waals surface area (Å²) in [5.41, 5.74) is 3.96. The van der Waals surface area contributed by atoms with Gasteiger partial charge in [0.25, 0.3) is 5.91 Å². The van der Waals surface area contributed by atoms with Gasteiger partial charge in [-0.3, -0.25) is 9.69 Å². The van der Waals surface area contributed by atoms with Crippen molar-refractivity contribution in [1.29, 1.82) is 0 Å². The summed E-state index contributed by atoms with van der Waals surface area (Å²) >= 11 is 0. The van der Waals surface area contributed by atoms with E-state index < -0.39 is 0 Å². The molecule has 4 rings (SSSR count). The van der Waals surface area contributed by atoms with Crippen molar-refractivity contribution in [1.82, 2.24) is 10.2 Å². The molecule has 5 heteroatoms. The average molecular weight is 392 g/mol. The molecule has 0 saturated carbocycles. The van der Waals surface area contributed by atoms with E-state index in [2.05, 4.69) is 28.4 Å². The number of furan rings is 1. The van der Waals surface area contributed by atoms with E-state index in [1.54, 1.807) is 7.11 Å². The second-order valence-electron chi connectivity index (χ2n) is 7.71. The van der Waals surface area contributed by atoms with Gasteiger partial charge in [0.05, 0.1) is 7.11 Å². The molecule has 5 nitrogen and oxygen atoms in total. The highest BCUT2D eigenvalue weighted by atomic mass is 16.5. The maximum absolute atomic E-state index is 12.8. The second-order valence-corrected chi connectivity index (χ2v) is 7.71. The number of methoxy groups -OCH3 is 1.